The Morgan fingerprint density at radius 3 is 3.00 bits per heavy atom. The first kappa shape index (κ1) is 13.8. The van der Waals surface area contributed by atoms with Gasteiger partial charge in [-0.05, 0) is 43.0 Å². The Labute approximate surface area is 106 Å². The van der Waals surface area contributed by atoms with Crippen molar-refractivity contribution < 1.29 is 4.74 Å². The molecule has 0 saturated carbocycles. The quantitative estimate of drug-likeness (QED) is 0.630. The molecule has 1 heteroatoms. The van der Waals surface area contributed by atoms with E-state index in [2.05, 4.69) is 39.2 Å². The third-order valence-electron chi connectivity index (χ3n) is 2.73. The minimum absolute atomic E-state index is 0.257. The van der Waals surface area contributed by atoms with Crippen LogP contribution in [0.1, 0.15) is 51.2 Å². The van der Waals surface area contributed by atoms with Gasteiger partial charge >= 0.3 is 0 Å². The Morgan fingerprint density at radius 2 is 2.29 bits per heavy atom. The van der Waals surface area contributed by atoms with Gasteiger partial charge in [-0.25, -0.2) is 0 Å². The maximum atomic E-state index is 5.51. The second-order valence-electron chi connectivity index (χ2n) is 4.33. The molecule has 0 bridgehead atoms. The van der Waals surface area contributed by atoms with Gasteiger partial charge in [0.2, 0.25) is 0 Å². The van der Waals surface area contributed by atoms with Gasteiger partial charge in [0.25, 0.3) is 0 Å². The van der Waals surface area contributed by atoms with Crippen LogP contribution in [0.15, 0.2) is 18.2 Å². The average molecular weight is 230 g/mol. The molecule has 0 fully saturated rings. The van der Waals surface area contributed by atoms with E-state index in [9.17, 15) is 0 Å². The molecule has 0 amide bonds. The number of hydrogen-bond acceptors (Lipinski definition) is 1. The summed E-state index contributed by atoms with van der Waals surface area (Å²) < 4.78 is 5.51. The highest BCUT2D eigenvalue weighted by Gasteiger charge is 1.98. The molecule has 92 valence electrons. The van der Waals surface area contributed by atoms with Crippen LogP contribution in [0.5, 0.6) is 0 Å². The van der Waals surface area contributed by atoms with Gasteiger partial charge in [-0.1, -0.05) is 44.9 Å². The van der Waals surface area contributed by atoms with Crippen LogP contribution in [0.4, 0.5) is 0 Å². The number of benzene rings is 1. The summed E-state index contributed by atoms with van der Waals surface area (Å²) in [6, 6.07) is 9.29. The maximum Gasteiger partial charge on any atom is 0.162 e. The summed E-state index contributed by atoms with van der Waals surface area (Å²) in [6.45, 7) is 6.41. The van der Waals surface area contributed by atoms with E-state index in [0.717, 1.165) is 18.4 Å². The lowest BCUT2D eigenvalue weighted by molar-refractivity contribution is 0.136. The van der Waals surface area contributed by atoms with Crippen molar-refractivity contribution in [3.05, 3.63) is 41.7 Å². The summed E-state index contributed by atoms with van der Waals surface area (Å²) in [5.41, 5.74) is 2.35. The van der Waals surface area contributed by atoms with E-state index in [0.29, 0.717) is 0 Å². The first-order chi connectivity index (χ1) is 8.26. The standard InChI is InChI=1S/C16H22O/c1-4-6-8-14(3)17-12-11-16-10-7-9-15(5-2)13-16/h7,10-11,13-14H,4-6,8H2,1-3H3. The van der Waals surface area contributed by atoms with E-state index >= 15 is 0 Å². The average Bonchev–Trinajstić information content (AvgIpc) is 2.36. The van der Waals surface area contributed by atoms with Gasteiger partial charge in [-0.15, -0.1) is 0 Å². The zero-order chi connectivity index (χ0) is 12.5. The highest BCUT2D eigenvalue weighted by molar-refractivity contribution is 5.47. The molecule has 1 rings (SSSR count). The van der Waals surface area contributed by atoms with Crippen molar-refractivity contribution in [1.82, 2.24) is 0 Å². The van der Waals surface area contributed by atoms with E-state index in [-0.39, 0.29) is 6.10 Å². The van der Waals surface area contributed by atoms with E-state index in [1.165, 1.54) is 18.4 Å². The van der Waals surface area contributed by atoms with Crippen molar-refractivity contribution in [2.24, 2.45) is 0 Å². The summed E-state index contributed by atoms with van der Waals surface area (Å²) in [7, 11) is 0. The molecule has 0 aliphatic rings. The van der Waals surface area contributed by atoms with Gasteiger partial charge in [-0.2, -0.15) is 0 Å². The minimum Gasteiger partial charge on any atom is -0.487 e. The summed E-state index contributed by atoms with van der Waals surface area (Å²) in [6.07, 6.45) is 9.61. The molecule has 0 spiro atoms. The van der Waals surface area contributed by atoms with E-state index < -0.39 is 0 Å². The molecule has 1 nitrogen and oxygen atoms in total. The van der Waals surface area contributed by atoms with Crippen molar-refractivity contribution in [2.45, 2.75) is 52.6 Å². The Bertz CT molecular complexity index is 341. The molecule has 1 aromatic rings. The number of aryl methyl sites for hydroxylation is 1. The fraction of sp³-hybridized carbons (Fsp3) is 0.500. The van der Waals surface area contributed by atoms with E-state index in [4.69, 9.17) is 4.74 Å². The zero-order valence-corrected chi connectivity index (χ0v) is 11.1. The first-order valence-electron chi connectivity index (χ1n) is 6.51. The van der Waals surface area contributed by atoms with Crippen molar-refractivity contribution in [3.63, 3.8) is 0 Å². The molecule has 0 aliphatic heterocycles. The minimum atomic E-state index is 0.257. The van der Waals surface area contributed by atoms with Crippen LogP contribution in [-0.4, -0.2) is 6.10 Å². The first-order valence-corrected chi connectivity index (χ1v) is 6.51. The molecular formula is C16H22O. The zero-order valence-electron chi connectivity index (χ0n) is 11.1. The largest absolute Gasteiger partial charge is 0.487 e. The van der Waals surface area contributed by atoms with E-state index in [1.54, 1.807) is 0 Å². The number of hydrogen-bond donors (Lipinski definition) is 0. The third kappa shape index (κ3) is 5.58. The predicted octanol–water partition coefficient (Wildman–Crippen LogP) is 4.42. The van der Waals surface area contributed by atoms with Crippen molar-refractivity contribution >= 4 is 6.08 Å². The summed E-state index contributed by atoms with van der Waals surface area (Å²) in [5.74, 6) is 0. The Balaban J connectivity index is 2.41. The molecule has 2 radical (unpaired) electrons. The third-order valence-corrected chi connectivity index (χ3v) is 2.73. The fourth-order valence-corrected chi connectivity index (χ4v) is 1.60. The lowest BCUT2D eigenvalue weighted by Gasteiger charge is -2.08. The molecule has 0 N–H and O–H groups in total. The van der Waals surface area contributed by atoms with Crippen molar-refractivity contribution in [3.8, 4) is 0 Å². The van der Waals surface area contributed by atoms with Crippen LogP contribution < -0.4 is 0 Å². The maximum absolute atomic E-state index is 5.51. The SMILES string of the molecule is CCCCC(C)O[C]=Cc1cc[c]c(CC)c1. The van der Waals surface area contributed by atoms with Gasteiger partial charge in [0, 0.05) is 0 Å². The predicted molar refractivity (Wildman–Crippen MR) is 72.4 cm³/mol. The second-order valence-corrected chi connectivity index (χ2v) is 4.33. The lowest BCUT2D eigenvalue weighted by atomic mass is 10.1. The van der Waals surface area contributed by atoms with Crippen LogP contribution in [-0.2, 0) is 11.2 Å². The van der Waals surface area contributed by atoms with Gasteiger partial charge in [-0.3, -0.25) is 0 Å². The molecule has 0 aliphatic carbocycles. The van der Waals surface area contributed by atoms with Crippen LogP contribution in [0.2, 0.25) is 0 Å². The van der Waals surface area contributed by atoms with Gasteiger partial charge in [0.1, 0.15) is 0 Å². The van der Waals surface area contributed by atoms with Gasteiger partial charge < -0.3 is 4.74 Å². The van der Waals surface area contributed by atoms with Crippen LogP contribution >= 0.6 is 0 Å². The highest BCUT2D eigenvalue weighted by atomic mass is 16.5. The van der Waals surface area contributed by atoms with Crippen LogP contribution in [0.3, 0.4) is 0 Å². The van der Waals surface area contributed by atoms with Crippen LogP contribution in [0, 0.1) is 12.3 Å². The van der Waals surface area contributed by atoms with Crippen LogP contribution in [0.25, 0.3) is 6.08 Å². The lowest BCUT2D eigenvalue weighted by Crippen LogP contribution is -2.03. The molecular weight excluding hydrogens is 208 g/mol. The highest BCUT2D eigenvalue weighted by Crippen LogP contribution is 2.08. The molecule has 17 heavy (non-hydrogen) atoms. The van der Waals surface area contributed by atoms with E-state index in [1.807, 2.05) is 18.2 Å². The molecule has 1 aromatic carbocycles. The Morgan fingerprint density at radius 1 is 1.47 bits per heavy atom. The monoisotopic (exact) mass is 230 g/mol. The number of ether oxygens (including phenoxy) is 1. The summed E-state index contributed by atoms with van der Waals surface area (Å²) >= 11 is 0. The summed E-state index contributed by atoms with van der Waals surface area (Å²) in [4.78, 5) is 0. The van der Waals surface area contributed by atoms with Crippen molar-refractivity contribution in [2.75, 3.05) is 0 Å². The molecule has 1 unspecified atom stereocenters. The van der Waals surface area contributed by atoms with Gasteiger partial charge in [0.15, 0.2) is 6.26 Å². The molecule has 0 saturated heterocycles. The molecule has 0 aromatic heterocycles. The fourth-order valence-electron chi connectivity index (χ4n) is 1.60. The smallest absolute Gasteiger partial charge is 0.162 e. The second kappa shape index (κ2) is 7.94. The Hall–Kier alpha value is -1.24. The number of rotatable bonds is 7. The van der Waals surface area contributed by atoms with Crippen molar-refractivity contribution in [1.29, 1.82) is 0 Å². The van der Waals surface area contributed by atoms with Gasteiger partial charge in [0.05, 0.1) is 6.10 Å². The number of unbranched alkanes of at least 4 members (excludes halogenated alkanes) is 1. The summed E-state index contributed by atoms with van der Waals surface area (Å²) in [5, 5.41) is 0. The topological polar surface area (TPSA) is 9.23 Å². The molecule has 0 heterocycles. The molecule has 1 atom stereocenters. The normalized spacial score (nSPS) is 12.9. The Kier molecular flexibility index (Phi) is 6.46.